The first-order valence-electron chi connectivity index (χ1n) is 5.81. The van der Waals surface area contributed by atoms with Crippen LogP contribution >= 0.6 is 22.6 Å². The molecule has 0 aliphatic carbocycles. The lowest BCUT2D eigenvalue weighted by Gasteiger charge is -2.14. The Morgan fingerprint density at radius 3 is 2.24 bits per heavy atom. The van der Waals surface area contributed by atoms with Gasteiger partial charge in [0.1, 0.15) is 9.32 Å². The first kappa shape index (κ1) is 15.4. The van der Waals surface area contributed by atoms with Gasteiger partial charge in [0.05, 0.1) is 27.7 Å². The van der Waals surface area contributed by atoms with Gasteiger partial charge < -0.3 is 23.9 Å². The highest BCUT2D eigenvalue weighted by atomic mass is 127. The van der Waals surface area contributed by atoms with Crippen molar-refractivity contribution >= 4 is 22.6 Å². The largest absolute Gasteiger partial charge is 0.493 e. The van der Waals surface area contributed by atoms with Crippen LogP contribution in [0.4, 0.5) is 0 Å². The minimum Gasteiger partial charge on any atom is -0.493 e. The van der Waals surface area contributed by atoms with Crippen LogP contribution in [0, 0.1) is 3.57 Å². The molecule has 0 fully saturated rings. The van der Waals surface area contributed by atoms with Gasteiger partial charge >= 0.3 is 0 Å². The van der Waals surface area contributed by atoms with E-state index in [4.69, 9.17) is 18.9 Å². The molecule has 8 heteroatoms. The number of methoxy groups -OCH3 is 3. The molecular formula is C13H13IN2O5. The molecule has 0 bridgehead atoms. The maximum absolute atomic E-state index is 11.5. The highest BCUT2D eigenvalue weighted by Crippen LogP contribution is 2.41. The molecular weight excluding hydrogens is 391 g/mol. The third-order valence-corrected chi connectivity index (χ3v) is 3.57. The standard InChI is InChI=1S/C13H13IN2O5/c1-18-8-4-7(5-9(19-2)11(8)20-3)21-13-10(14)12(17)15-6-16-13/h4-6H,1-3H3,(H,15,16,17). The van der Waals surface area contributed by atoms with Crippen molar-refractivity contribution in [2.75, 3.05) is 21.3 Å². The summed E-state index contributed by atoms with van der Waals surface area (Å²) in [7, 11) is 4.54. The van der Waals surface area contributed by atoms with Crippen LogP contribution in [0.15, 0.2) is 23.3 Å². The molecule has 1 heterocycles. The molecule has 0 spiro atoms. The first-order valence-corrected chi connectivity index (χ1v) is 6.89. The number of nitrogens with one attached hydrogen (secondary N) is 1. The molecule has 1 aromatic carbocycles. The Morgan fingerprint density at radius 2 is 1.71 bits per heavy atom. The summed E-state index contributed by atoms with van der Waals surface area (Å²) < 4.78 is 21.7. The molecule has 0 unspecified atom stereocenters. The van der Waals surface area contributed by atoms with E-state index in [0.717, 1.165) is 0 Å². The maximum Gasteiger partial charge on any atom is 0.268 e. The molecule has 0 amide bonds. The molecule has 0 aliphatic rings. The SMILES string of the molecule is COc1cc(Oc2nc[nH]c(=O)c2I)cc(OC)c1OC. The van der Waals surface area contributed by atoms with Crippen LogP contribution in [0.3, 0.4) is 0 Å². The fourth-order valence-corrected chi connectivity index (χ4v) is 2.07. The van der Waals surface area contributed by atoms with Crippen LogP contribution in [0.1, 0.15) is 0 Å². The van der Waals surface area contributed by atoms with E-state index in [1.54, 1.807) is 12.1 Å². The molecule has 0 saturated heterocycles. The van der Waals surface area contributed by atoms with E-state index in [2.05, 4.69) is 9.97 Å². The fraction of sp³-hybridized carbons (Fsp3) is 0.231. The van der Waals surface area contributed by atoms with Gasteiger partial charge in [0.15, 0.2) is 11.5 Å². The third-order valence-electron chi connectivity index (χ3n) is 2.62. The summed E-state index contributed by atoms with van der Waals surface area (Å²) in [4.78, 5) is 18.0. The fourth-order valence-electron chi connectivity index (χ4n) is 1.67. The highest BCUT2D eigenvalue weighted by molar-refractivity contribution is 14.1. The van der Waals surface area contributed by atoms with Crippen molar-refractivity contribution in [1.82, 2.24) is 9.97 Å². The summed E-state index contributed by atoms with van der Waals surface area (Å²) in [5, 5.41) is 0. The summed E-state index contributed by atoms with van der Waals surface area (Å²) in [5.41, 5.74) is -0.270. The van der Waals surface area contributed by atoms with Gasteiger partial charge in [0, 0.05) is 12.1 Å². The van der Waals surface area contributed by atoms with Gasteiger partial charge in [-0.05, 0) is 22.6 Å². The number of aromatic amines is 1. The molecule has 0 aliphatic heterocycles. The van der Waals surface area contributed by atoms with Gasteiger partial charge in [-0.25, -0.2) is 4.98 Å². The van der Waals surface area contributed by atoms with Crippen molar-refractivity contribution in [3.63, 3.8) is 0 Å². The Morgan fingerprint density at radius 1 is 1.10 bits per heavy atom. The minimum atomic E-state index is -0.270. The van der Waals surface area contributed by atoms with E-state index in [-0.39, 0.29) is 11.4 Å². The molecule has 1 N–H and O–H groups in total. The van der Waals surface area contributed by atoms with Gasteiger partial charge in [-0.1, -0.05) is 0 Å². The van der Waals surface area contributed by atoms with Crippen LogP contribution < -0.4 is 24.5 Å². The summed E-state index contributed by atoms with van der Waals surface area (Å²) >= 11 is 1.86. The predicted octanol–water partition coefficient (Wildman–Crippen LogP) is 2.19. The van der Waals surface area contributed by atoms with Gasteiger partial charge in [-0.3, -0.25) is 4.79 Å². The van der Waals surface area contributed by atoms with Crippen molar-refractivity contribution in [3.05, 3.63) is 32.4 Å². The molecule has 2 aromatic rings. The van der Waals surface area contributed by atoms with Crippen molar-refractivity contribution in [1.29, 1.82) is 0 Å². The van der Waals surface area contributed by atoms with E-state index >= 15 is 0 Å². The van der Waals surface area contributed by atoms with E-state index in [9.17, 15) is 4.79 Å². The monoisotopic (exact) mass is 404 g/mol. The normalized spacial score (nSPS) is 10.1. The van der Waals surface area contributed by atoms with Gasteiger partial charge in [-0.15, -0.1) is 0 Å². The first-order chi connectivity index (χ1) is 10.1. The Hall–Kier alpha value is -1.97. The number of hydrogen-bond donors (Lipinski definition) is 1. The number of nitrogens with zero attached hydrogens (tertiary/aromatic N) is 1. The van der Waals surface area contributed by atoms with E-state index in [1.165, 1.54) is 27.7 Å². The van der Waals surface area contributed by atoms with Crippen LogP contribution in [-0.4, -0.2) is 31.3 Å². The van der Waals surface area contributed by atoms with E-state index in [1.807, 2.05) is 22.6 Å². The molecule has 21 heavy (non-hydrogen) atoms. The Labute approximate surface area is 134 Å². The van der Waals surface area contributed by atoms with Crippen LogP contribution in [0.25, 0.3) is 0 Å². The summed E-state index contributed by atoms with van der Waals surface area (Å²) in [6.45, 7) is 0. The second-order valence-corrected chi connectivity index (χ2v) is 4.89. The second kappa shape index (κ2) is 6.66. The number of halogens is 1. The lowest BCUT2D eigenvalue weighted by Crippen LogP contribution is -2.11. The highest BCUT2D eigenvalue weighted by Gasteiger charge is 2.16. The zero-order valence-electron chi connectivity index (χ0n) is 11.6. The number of benzene rings is 1. The quantitative estimate of drug-likeness (QED) is 0.770. The molecule has 0 radical (unpaired) electrons. The minimum absolute atomic E-state index is 0.202. The average Bonchev–Trinajstić information content (AvgIpc) is 2.50. The third kappa shape index (κ3) is 3.20. The molecule has 112 valence electrons. The molecule has 0 saturated carbocycles. The summed E-state index contributed by atoms with van der Waals surface area (Å²) in [5.74, 6) is 1.98. The molecule has 2 rings (SSSR count). The van der Waals surface area contributed by atoms with Crippen molar-refractivity contribution < 1.29 is 18.9 Å². The Kier molecular flexibility index (Phi) is 4.89. The topological polar surface area (TPSA) is 82.7 Å². The zero-order valence-corrected chi connectivity index (χ0v) is 13.8. The average molecular weight is 404 g/mol. The van der Waals surface area contributed by atoms with Gasteiger partial charge in [-0.2, -0.15) is 0 Å². The number of H-pyrrole nitrogens is 1. The summed E-state index contributed by atoms with van der Waals surface area (Å²) in [6, 6.07) is 3.25. The lowest BCUT2D eigenvalue weighted by molar-refractivity contribution is 0.320. The van der Waals surface area contributed by atoms with Crippen molar-refractivity contribution in [3.8, 4) is 28.9 Å². The number of ether oxygens (including phenoxy) is 4. The Balaban J connectivity index is 2.45. The lowest BCUT2D eigenvalue weighted by atomic mass is 10.2. The molecule has 1 aromatic heterocycles. The Bertz CT molecular complexity index is 676. The summed E-state index contributed by atoms with van der Waals surface area (Å²) in [6.07, 6.45) is 1.28. The van der Waals surface area contributed by atoms with Crippen LogP contribution in [-0.2, 0) is 0 Å². The van der Waals surface area contributed by atoms with Crippen LogP contribution in [0.2, 0.25) is 0 Å². The molecule has 0 atom stereocenters. The smallest absolute Gasteiger partial charge is 0.268 e. The zero-order chi connectivity index (χ0) is 15.4. The van der Waals surface area contributed by atoms with Crippen molar-refractivity contribution in [2.24, 2.45) is 0 Å². The van der Waals surface area contributed by atoms with Crippen molar-refractivity contribution in [2.45, 2.75) is 0 Å². The number of hydrogen-bond acceptors (Lipinski definition) is 6. The number of aromatic nitrogens is 2. The van der Waals surface area contributed by atoms with Crippen LogP contribution in [0.5, 0.6) is 28.9 Å². The van der Waals surface area contributed by atoms with E-state index < -0.39 is 0 Å². The van der Waals surface area contributed by atoms with Gasteiger partial charge in [0.25, 0.3) is 5.56 Å². The predicted molar refractivity (Wildman–Crippen MR) is 83.7 cm³/mol. The van der Waals surface area contributed by atoms with Gasteiger partial charge in [0.2, 0.25) is 11.6 Å². The molecule has 7 nitrogen and oxygen atoms in total. The second-order valence-electron chi connectivity index (χ2n) is 3.81. The van der Waals surface area contributed by atoms with E-state index in [0.29, 0.717) is 26.6 Å². The maximum atomic E-state index is 11.5. The number of rotatable bonds is 5.